The predicted octanol–water partition coefficient (Wildman–Crippen LogP) is 5.30. The van der Waals surface area contributed by atoms with Gasteiger partial charge < -0.3 is 9.84 Å². The Morgan fingerprint density at radius 1 is 1.24 bits per heavy atom. The Morgan fingerprint density at radius 3 is 2.52 bits per heavy atom. The van der Waals surface area contributed by atoms with Gasteiger partial charge in [0.15, 0.2) is 0 Å². The van der Waals surface area contributed by atoms with Gasteiger partial charge in [0.1, 0.15) is 11.5 Å². The van der Waals surface area contributed by atoms with Crippen LogP contribution in [0.25, 0.3) is 6.08 Å². The third-order valence-electron chi connectivity index (χ3n) is 2.74. The number of carboxylic acids is 1. The lowest BCUT2D eigenvalue weighted by Crippen LogP contribution is -1.88. The van der Waals surface area contributed by atoms with Crippen LogP contribution in [-0.4, -0.2) is 11.1 Å². The molecule has 0 atom stereocenters. The predicted molar refractivity (Wildman–Crippen MR) is 87.1 cm³/mol. The molecule has 2 aromatic rings. The zero-order chi connectivity index (χ0) is 15.4. The van der Waals surface area contributed by atoms with Crippen molar-refractivity contribution in [2.45, 2.75) is 6.92 Å². The van der Waals surface area contributed by atoms with Gasteiger partial charge in [0.2, 0.25) is 0 Å². The maximum atomic E-state index is 10.5. The van der Waals surface area contributed by atoms with Crippen LogP contribution in [0.5, 0.6) is 11.5 Å². The van der Waals surface area contributed by atoms with E-state index in [4.69, 9.17) is 21.4 Å². The first-order valence-corrected chi connectivity index (χ1v) is 7.27. The Morgan fingerprint density at radius 2 is 1.90 bits per heavy atom. The summed E-state index contributed by atoms with van der Waals surface area (Å²) in [5, 5.41) is 9.03. The molecule has 108 valence electrons. The minimum Gasteiger partial charge on any atom is -0.478 e. The lowest BCUT2D eigenvalue weighted by molar-refractivity contribution is -0.131. The van der Waals surface area contributed by atoms with Gasteiger partial charge in [-0.2, -0.15) is 0 Å². The zero-order valence-electron chi connectivity index (χ0n) is 11.1. The first-order valence-electron chi connectivity index (χ1n) is 6.10. The van der Waals surface area contributed by atoms with Crippen molar-refractivity contribution < 1.29 is 14.6 Å². The van der Waals surface area contributed by atoms with E-state index in [9.17, 15) is 4.79 Å². The van der Waals surface area contributed by atoms with E-state index in [1.807, 2.05) is 25.1 Å². The van der Waals surface area contributed by atoms with E-state index in [1.54, 1.807) is 18.2 Å². The fourth-order valence-electron chi connectivity index (χ4n) is 1.68. The van der Waals surface area contributed by atoms with Crippen molar-refractivity contribution in [2.75, 3.05) is 0 Å². The molecule has 0 bridgehead atoms. The van der Waals surface area contributed by atoms with Crippen molar-refractivity contribution >= 4 is 39.6 Å². The normalized spacial score (nSPS) is 10.8. The highest BCUT2D eigenvalue weighted by Crippen LogP contribution is 2.29. The molecular formula is C16H12BrClO3. The number of hydrogen-bond donors (Lipinski definition) is 1. The fourth-order valence-corrected chi connectivity index (χ4v) is 2.16. The molecule has 3 nitrogen and oxygen atoms in total. The lowest BCUT2D eigenvalue weighted by Gasteiger charge is -2.08. The lowest BCUT2D eigenvalue weighted by atomic mass is 10.2. The first-order chi connectivity index (χ1) is 9.95. The Labute approximate surface area is 135 Å². The summed E-state index contributed by atoms with van der Waals surface area (Å²) in [5.74, 6) is 0.284. The van der Waals surface area contributed by atoms with Crippen LogP contribution in [0.1, 0.15) is 11.1 Å². The Bertz CT molecular complexity index is 711. The largest absolute Gasteiger partial charge is 0.478 e. The molecule has 0 saturated carbocycles. The monoisotopic (exact) mass is 366 g/mol. The van der Waals surface area contributed by atoms with E-state index < -0.39 is 5.97 Å². The molecule has 0 aliphatic heterocycles. The van der Waals surface area contributed by atoms with Crippen LogP contribution in [0, 0.1) is 6.92 Å². The van der Waals surface area contributed by atoms with Crippen LogP contribution in [0.15, 0.2) is 46.9 Å². The van der Waals surface area contributed by atoms with Crippen LogP contribution < -0.4 is 4.74 Å². The molecule has 5 heteroatoms. The van der Waals surface area contributed by atoms with E-state index in [0.29, 0.717) is 22.1 Å². The third kappa shape index (κ3) is 4.34. The molecule has 21 heavy (non-hydrogen) atoms. The van der Waals surface area contributed by atoms with E-state index in [1.165, 1.54) is 6.08 Å². The van der Waals surface area contributed by atoms with E-state index in [-0.39, 0.29) is 0 Å². The van der Waals surface area contributed by atoms with Crippen molar-refractivity contribution in [3.63, 3.8) is 0 Å². The number of aliphatic carboxylic acids is 1. The molecule has 0 aliphatic rings. The summed E-state index contributed by atoms with van der Waals surface area (Å²) in [4.78, 5) is 10.5. The molecule has 0 spiro atoms. The van der Waals surface area contributed by atoms with E-state index >= 15 is 0 Å². The standard InChI is InChI=1S/C16H12BrClO3/c1-10-8-12(5-6-14(10)17)21-13-4-2-11(15(18)9-13)3-7-16(19)20/h2-9H,1H3,(H,19,20)/b7-3+. The minimum atomic E-state index is -1.02. The van der Waals surface area contributed by atoms with Crippen molar-refractivity contribution in [1.29, 1.82) is 0 Å². The summed E-state index contributed by atoms with van der Waals surface area (Å²) in [6.07, 6.45) is 2.48. The van der Waals surface area contributed by atoms with Gasteiger partial charge in [0.05, 0.1) is 5.02 Å². The maximum Gasteiger partial charge on any atom is 0.328 e. The molecule has 0 unspecified atom stereocenters. The smallest absolute Gasteiger partial charge is 0.328 e. The molecule has 0 saturated heterocycles. The Hall–Kier alpha value is -1.78. The number of halogens is 2. The number of hydrogen-bond acceptors (Lipinski definition) is 2. The summed E-state index contributed by atoms with van der Waals surface area (Å²) in [6, 6.07) is 10.8. The molecule has 0 amide bonds. The highest BCUT2D eigenvalue weighted by atomic mass is 79.9. The summed E-state index contributed by atoms with van der Waals surface area (Å²) >= 11 is 9.54. The molecule has 0 fully saturated rings. The van der Waals surface area contributed by atoms with Gasteiger partial charge in [0, 0.05) is 10.5 Å². The SMILES string of the molecule is Cc1cc(Oc2ccc(/C=C/C(=O)O)c(Cl)c2)ccc1Br. The molecule has 0 radical (unpaired) electrons. The topological polar surface area (TPSA) is 46.5 Å². The molecule has 0 aliphatic carbocycles. The molecule has 0 aromatic heterocycles. The molecule has 2 rings (SSSR count). The van der Waals surface area contributed by atoms with Gasteiger partial charge in [-0.3, -0.25) is 0 Å². The number of carboxylic acid groups (broad SMARTS) is 1. The minimum absolute atomic E-state index is 0.429. The highest BCUT2D eigenvalue weighted by molar-refractivity contribution is 9.10. The Kier molecular flexibility index (Phi) is 5.04. The number of benzene rings is 2. The van der Waals surface area contributed by atoms with Crippen molar-refractivity contribution in [3.05, 3.63) is 63.1 Å². The van der Waals surface area contributed by atoms with Crippen molar-refractivity contribution in [2.24, 2.45) is 0 Å². The second-order valence-corrected chi connectivity index (χ2v) is 5.63. The van der Waals surface area contributed by atoms with Gasteiger partial charge in [-0.25, -0.2) is 4.79 Å². The molecular weight excluding hydrogens is 356 g/mol. The molecule has 2 aromatic carbocycles. The number of aryl methyl sites for hydroxylation is 1. The molecule has 1 N–H and O–H groups in total. The van der Waals surface area contributed by atoms with Crippen LogP contribution in [0.2, 0.25) is 5.02 Å². The van der Waals surface area contributed by atoms with E-state index in [2.05, 4.69) is 15.9 Å². The van der Waals surface area contributed by atoms with Gasteiger partial charge in [-0.1, -0.05) is 27.5 Å². The highest BCUT2D eigenvalue weighted by Gasteiger charge is 2.04. The number of carbonyl (C=O) groups is 1. The van der Waals surface area contributed by atoms with Crippen molar-refractivity contribution in [1.82, 2.24) is 0 Å². The number of ether oxygens (including phenoxy) is 1. The van der Waals surface area contributed by atoms with Crippen LogP contribution in [0.4, 0.5) is 0 Å². The van der Waals surface area contributed by atoms with Crippen LogP contribution >= 0.6 is 27.5 Å². The third-order valence-corrected chi connectivity index (χ3v) is 3.96. The maximum absolute atomic E-state index is 10.5. The molecule has 0 heterocycles. The van der Waals surface area contributed by atoms with Gasteiger partial charge in [-0.15, -0.1) is 0 Å². The van der Waals surface area contributed by atoms with E-state index in [0.717, 1.165) is 16.1 Å². The summed E-state index contributed by atoms with van der Waals surface area (Å²) in [7, 11) is 0. The second kappa shape index (κ2) is 6.78. The van der Waals surface area contributed by atoms with Crippen LogP contribution in [0.3, 0.4) is 0 Å². The second-order valence-electron chi connectivity index (χ2n) is 4.37. The summed E-state index contributed by atoms with van der Waals surface area (Å²) in [6.45, 7) is 1.98. The van der Waals surface area contributed by atoms with Crippen LogP contribution in [-0.2, 0) is 4.79 Å². The average Bonchev–Trinajstić information content (AvgIpc) is 2.42. The number of rotatable bonds is 4. The fraction of sp³-hybridized carbons (Fsp3) is 0.0625. The average molecular weight is 368 g/mol. The van der Waals surface area contributed by atoms with Gasteiger partial charge in [0.25, 0.3) is 0 Å². The zero-order valence-corrected chi connectivity index (χ0v) is 13.5. The quantitative estimate of drug-likeness (QED) is 0.746. The Balaban J connectivity index is 2.20. The van der Waals surface area contributed by atoms with Crippen molar-refractivity contribution in [3.8, 4) is 11.5 Å². The van der Waals surface area contributed by atoms with Gasteiger partial charge in [-0.05, 0) is 60.5 Å². The first kappa shape index (κ1) is 15.6. The van der Waals surface area contributed by atoms with Gasteiger partial charge >= 0.3 is 5.97 Å². The summed E-state index contributed by atoms with van der Waals surface area (Å²) < 4.78 is 6.75. The summed E-state index contributed by atoms with van der Waals surface area (Å²) in [5.41, 5.74) is 1.69.